The molecule has 1 rings (SSSR count). The lowest BCUT2D eigenvalue weighted by Crippen LogP contribution is -2.15. The van der Waals surface area contributed by atoms with E-state index in [0.29, 0.717) is 0 Å². The smallest absolute Gasteiger partial charge is 0.133 e. The molecule has 2 atom stereocenters. The van der Waals surface area contributed by atoms with Gasteiger partial charge < -0.3 is 5.73 Å². The summed E-state index contributed by atoms with van der Waals surface area (Å²) in [6.45, 7) is 0. The normalized spacial score (nSPS) is 47.6. The lowest BCUT2D eigenvalue weighted by molar-refractivity contribution is 0.199. The lowest BCUT2D eigenvalue weighted by atomic mass is 10.3. The van der Waals surface area contributed by atoms with Crippen LogP contribution >= 0.6 is 0 Å². The van der Waals surface area contributed by atoms with Crippen LogP contribution in [0.15, 0.2) is 0 Å². The van der Waals surface area contributed by atoms with E-state index in [9.17, 15) is 8.78 Å². The van der Waals surface area contributed by atoms with Gasteiger partial charge in [0.1, 0.15) is 12.3 Å². The molecule has 8 heavy (non-hydrogen) atoms. The number of hydrogen-bond acceptors (Lipinski definition) is 1. The summed E-state index contributed by atoms with van der Waals surface area (Å²) in [5.41, 5.74) is 5.24. The zero-order chi connectivity index (χ0) is 6.15. The van der Waals surface area contributed by atoms with Crippen LogP contribution in [0.25, 0.3) is 0 Å². The van der Waals surface area contributed by atoms with Crippen LogP contribution in [0.3, 0.4) is 0 Å². The minimum Gasteiger partial charge on any atom is -0.327 e. The maximum atomic E-state index is 12.1. The maximum absolute atomic E-state index is 12.1. The van der Waals surface area contributed by atoms with Gasteiger partial charge in [0.2, 0.25) is 0 Å². The van der Waals surface area contributed by atoms with Crippen molar-refractivity contribution in [1.82, 2.24) is 0 Å². The molecule has 0 aromatic heterocycles. The molecule has 0 radical (unpaired) electrons. The molecule has 1 saturated carbocycles. The van der Waals surface area contributed by atoms with Crippen LogP contribution in [0.2, 0.25) is 0 Å². The Bertz CT molecular complexity index is 76.5. The third-order valence-electron chi connectivity index (χ3n) is 1.45. The van der Waals surface area contributed by atoms with Crippen molar-refractivity contribution in [1.29, 1.82) is 0 Å². The van der Waals surface area contributed by atoms with E-state index in [1.807, 2.05) is 0 Å². The van der Waals surface area contributed by atoms with Crippen LogP contribution in [0.1, 0.15) is 12.8 Å². The predicted octanol–water partition coefficient (Wildman–Crippen LogP) is 0.784. The Labute approximate surface area is 46.9 Å². The molecule has 0 amide bonds. The highest BCUT2D eigenvalue weighted by molar-refractivity contribution is 4.85. The third-order valence-corrected chi connectivity index (χ3v) is 1.45. The van der Waals surface area contributed by atoms with Gasteiger partial charge in [0.25, 0.3) is 0 Å². The Hall–Kier alpha value is -0.180. The van der Waals surface area contributed by atoms with Crippen molar-refractivity contribution in [2.75, 3.05) is 0 Å². The summed E-state index contributed by atoms with van der Waals surface area (Å²) in [6, 6.07) is -0.250. The largest absolute Gasteiger partial charge is 0.327 e. The third kappa shape index (κ3) is 0.968. The van der Waals surface area contributed by atoms with Crippen molar-refractivity contribution < 1.29 is 8.78 Å². The van der Waals surface area contributed by atoms with Crippen molar-refractivity contribution >= 4 is 0 Å². The Kier molecular flexibility index (Phi) is 1.47. The summed E-state index contributed by atoms with van der Waals surface area (Å²) in [7, 11) is 0. The average Bonchev–Trinajstić information content (AvgIpc) is 1.85. The highest BCUT2D eigenvalue weighted by atomic mass is 19.2. The molecule has 0 spiro atoms. The second kappa shape index (κ2) is 1.97. The van der Waals surface area contributed by atoms with Crippen molar-refractivity contribution in [2.24, 2.45) is 5.73 Å². The molecule has 1 fully saturated rings. The van der Waals surface area contributed by atoms with Crippen LogP contribution < -0.4 is 5.73 Å². The van der Waals surface area contributed by atoms with Crippen LogP contribution in [-0.2, 0) is 0 Å². The van der Waals surface area contributed by atoms with Crippen LogP contribution in [-0.4, -0.2) is 18.4 Å². The monoisotopic (exact) mass is 121 g/mol. The van der Waals surface area contributed by atoms with Gasteiger partial charge in [0.05, 0.1) is 0 Å². The predicted molar refractivity (Wildman–Crippen MR) is 27.0 cm³/mol. The standard InChI is InChI=1S/C5H9F2N/c6-4-1-3(8)2-5(4)7/h3-5H,1-2,8H2. The molecule has 1 aliphatic rings. The Morgan fingerprint density at radius 2 is 1.50 bits per heavy atom. The molecule has 0 aromatic carbocycles. The number of alkyl halides is 2. The average molecular weight is 121 g/mol. The molecule has 1 aliphatic carbocycles. The summed E-state index contributed by atoms with van der Waals surface area (Å²) >= 11 is 0. The fourth-order valence-corrected chi connectivity index (χ4v) is 0.970. The SMILES string of the molecule is NC1CC(F)C(F)C1. The first-order valence-corrected chi connectivity index (χ1v) is 2.74. The van der Waals surface area contributed by atoms with Gasteiger partial charge in [0.15, 0.2) is 0 Å². The molecule has 2 N–H and O–H groups in total. The van der Waals surface area contributed by atoms with Gasteiger partial charge in [-0.3, -0.25) is 0 Å². The molecule has 48 valence electrons. The minimum absolute atomic E-state index is 0.196. The highest BCUT2D eigenvalue weighted by Crippen LogP contribution is 2.23. The Balaban J connectivity index is 2.39. The van der Waals surface area contributed by atoms with Crippen LogP contribution in [0.4, 0.5) is 8.78 Å². The molecule has 0 aromatic rings. The summed E-state index contributed by atoms with van der Waals surface area (Å²) in [5, 5.41) is 0. The second-order valence-electron chi connectivity index (χ2n) is 2.26. The molecule has 3 heteroatoms. The molecule has 0 bridgehead atoms. The summed E-state index contributed by atoms with van der Waals surface area (Å²) in [5.74, 6) is 0. The van der Waals surface area contributed by atoms with Gasteiger partial charge in [0, 0.05) is 6.04 Å². The van der Waals surface area contributed by atoms with Crippen molar-refractivity contribution in [2.45, 2.75) is 31.2 Å². The first-order chi connectivity index (χ1) is 3.70. The van der Waals surface area contributed by atoms with Crippen molar-refractivity contribution in [3.8, 4) is 0 Å². The molecule has 0 aliphatic heterocycles. The van der Waals surface area contributed by atoms with Crippen LogP contribution in [0.5, 0.6) is 0 Å². The van der Waals surface area contributed by atoms with E-state index in [-0.39, 0.29) is 18.9 Å². The quantitative estimate of drug-likeness (QED) is 0.503. The van der Waals surface area contributed by atoms with E-state index < -0.39 is 12.3 Å². The molecule has 1 nitrogen and oxygen atoms in total. The first kappa shape index (κ1) is 5.95. The highest BCUT2D eigenvalue weighted by Gasteiger charge is 2.31. The van der Waals surface area contributed by atoms with Gasteiger partial charge in [-0.25, -0.2) is 8.78 Å². The van der Waals surface area contributed by atoms with Crippen molar-refractivity contribution in [3.63, 3.8) is 0 Å². The maximum Gasteiger partial charge on any atom is 0.133 e. The van der Waals surface area contributed by atoms with Gasteiger partial charge in [-0.05, 0) is 12.8 Å². The van der Waals surface area contributed by atoms with Gasteiger partial charge >= 0.3 is 0 Å². The van der Waals surface area contributed by atoms with E-state index >= 15 is 0 Å². The number of rotatable bonds is 0. The van der Waals surface area contributed by atoms with Gasteiger partial charge in [-0.15, -0.1) is 0 Å². The molecule has 2 unspecified atom stereocenters. The molecule has 0 saturated heterocycles. The second-order valence-corrected chi connectivity index (χ2v) is 2.26. The van der Waals surface area contributed by atoms with Crippen LogP contribution in [0, 0.1) is 0 Å². The molecule has 0 heterocycles. The van der Waals surface area contributed by atoms with E-state index in [1.165, 1.54) is 0 Å². The van der Waals surface area contributed by atoms with E-state index in [0.717, 1.165) is 0 Å². The number of halogens is 2. The van der Waals surface area contributed by atoms with E-state index in [1.54, 1.807) is 0 Å². The van der Waals surface area contributed by atoms with Gasteiger partial charge in [-0.1, -0.05) is 0 Å². The van der Waals surface area contributed by atoms with Gasteiger partial charge in [-0.2, -0.15) is 0 Å². The minimum atomic E-state index is -1.30. The topological polar surface area (TPSA) is 26.0 Å². The fraction of sp³-hybridized carbons (Fsp3) is 1.00. The summed E-state index contributed by atoms with van der Waals surface area (Å²) < 4.78 is 24.2. The number of nitrogens with two attached hydrogens (primary N) is 1. The fourth-order valence-electron chi connectivity index (χ4n) is 0.970. The zero-order valence-electron chi connectivity index (χ0n) is 4.48. The van der Waals surface area contributed by atoms with Crippen molar-refractivity contribution in [3.05, 3.63) is 0 Å². The number of hydrogen-bond donors (Lipinski definition) is 1. The summed E-state index contributed by atoms with van der Waals surface area (Å²) in [4.78, 5) is 0. The summed E-state index contributed by atoms with van der Waals surface area (Å²) in [6.07, 6.45) is -2.21. The Morgan fingerprint density at radius 1 is 1.12 bits per heavy atom. The Morgan fingerprint density at radius 3 is 1.62 bits per heavy atom. The van der Waals surface area contributed by atoms with E-state index in [4.69, 9.17) is 5.73 Å². The molecular formula is C5H9F2N. The lowest BCUT2D eigenvalue weighted by Gasteiger charge is -1.96. The van der Waals surface area contributed by atoms with E-state index in [2.05, 4.69) is 0 Å². The first-order valence-electron chi connectivity index (χ1n) is 2.74. The zero-order valence-corrected chi connectivity index (χ0v) is 4.48. The molecular weight excluding hydrogens is 112 g/mol.